The van der Waals surface area contributed by atoms with Gasteiger partial charge in [-0.1, -0.05) is 18.2 Å². The number of aromatic nitrogens is 5. The van der Waals surface area contributed by atoms with Crippen LogP contribution in [0.15, 0.2) is 42.7 Å². The zero-order valence-corrected chi connectivity index (χ0v) is 13.1. The Morgan fingerprint density at radius 1 is 1.29 bits per heavy atom. The average Bonchev–Trinajstić information content (AvgIpc) is 3.29. The number of carbonyl (C=O) groups excluding carboxylic acids is 1. The topological polar surface area (TPSA) is 85.7 Å². The number of aryl methyl sites for hydroxylation is 1. The van der Waals surface area contributed by atoms with Gasteiger partial charge in [-0.25, -0.2) is 0 Å². The van der Waals surface area contributed by atoms with Gasteiger partial charge in [-0.05, 0) is 30.5 Å². The van der Waals surface area contributed by atoms with Crippen molar-refractivity contribution < 1.29 is 9.53 Å². The number of hydrogen-bond donors (Lipinski definition) is 1. The van der Waals surface area contributed by atoms with Gasteiger partial charge in [-0.3, -0.25) is 9.89 Å². The Labute approximate surface area is 138 Å². The SMILES string of the molecule is O=C(OCc1cnn(-c2ccccc2)n1)C1CCc2cn[nH]c2C1. The van der Waals surface area contributed by atoms with Crippen LogP contribution in [0.5, 0.6) is 0 Å². The normalized spacial score (nSPS) is 16.6. The maximum atomic E-state index is 12.3. The third kappa shape index (κ3) is 2.92. The number of nitrogens with zero attached hydrogens (tertiary/aromatic N) is 4. The van der Waals surface area contributed by atoms with E-state index in [1.165, 1.54) is 10.4 Å². The molecule has 0 amide bonds. The molecule has 7 heteroatoms. The molecule has 1 aliphatic rings. The van der Waals surface area contributed by atoms with Crippen molar-refractivity contribution in [2.75, 3.05) is 0 Å². The highest BCUT2D eigenvalue weighted by Crippen LogP contribution is 2.24. The minimum atomic E-state index is -0.190. The summed E-state index contributed by atoms with van der Waals surface area (Å²) in [5, 5.41) is 15.5. The molecular formula is C17H17N5O2. The van der Waals surface area contributed by atoms with Crippen LogP contribution in [-0.4, -0.2) is 31.2 Å². The smallest absolute Gasteiger partial charge is 0.309 e. The van der Waals surface area contributed by atoms with E-state index in [2.05, 4.69) is 20.4 Å². The molecule has 1 unspecified atom stereocenters. The number of H-pyrrole nitrogens is 1. The molecule has 1 atom stereocenters. The number of para-hydroxylation sites is 1. The standard InChI is InChI=1S/C17H17N5O2/c23-17(12-6-7-13-9-18-20-16(13)8-12)24-11-14-10-19-22(21-14)15-4-2-1-3-5-15/h1-5,9-10,12H,6-8,11H2,(H,18,20). The van der Waals surface area contributed by atoms with Crippen molar-refractivity contribution in [3.8, 4) is 5.69 Å². The second kappa shape index (κ2) is 6.27. The molecule has 4 rings (SSSR count). The average molecular weight is 323 g/mol. The molecule has 1 aliphatic carbocycles. The molecule has 7 nitrogen and oxygen atoms in total. The Kier molecular flexibility index (Phi) is 3.82. The third-order valence-corrected chi connectivity index (χ3v) is 4.24. The van der Waals surface area contributed by atoms with Gasteiger partial charge >= 0.3 is 5.97 Å². The molecule has 0 radical (unpaired) electrons. The number of carbonyl (C=O) groups is 1. The lowest BCUT2D eigenvalue weighted by Crippen LogP contribution is -2.24. The number of rotatable bonds is 4. The van der Waals surface area contributed by atoms with E-state index in [0.717, 1.165) is 24.2 Å². The molecule has 1 aromatic carbocycles. The summed E-state index contributed by atoms with van der Waals surface area (Å²) < 4.78 is 5.42. The van der Waals surface area contributed by atoms with Crippen molar-refractivity contribution in [2.24, 2.45) is 5.92 Å². The van der Waals surface area contributed by atoms with E-state index >= 15 is 0 Å². The fraction of sp³-hybridized carbons (Fsp3) is 0.294. The van der Waals surface area contributed by atoms with Crippen LogP contribution in [-0.2, 0) is 29.0 Å². The molecule has 24 heavy (non-hydrogen) atoms. The maximum Gasteiger partial charge on any atom is 0.309 e. The van der Waals surface area contributed by atoms with Crippen LogP contribution in [0, 0.1) is 5.92 Å². The van der Waals surface area contributed by atoms with Gasteiger partial charge in [0.1, 0.15) is 12.3 Å². The van der Waals surface area contributed by atoms with E-state index in [9.17, 15) is 4.79 Å². The highest BCUT2D eigenvalue weighted by atomic mass is 16.5. The van der Waals surface area contributed by atoms with Crippen LogP contribution < -0.4 is 0 Å². The first-order chi connectivity index (χ1) is 11.8. The van der Waals surface area contributed by atoms with Crippen molar-refractivity contribution in [1.29, 1.82) is 0 Å². The van der Waals surface area contributed by atoms with Crippen molar-refractivity contribution in [3.63, 3.8) is 0 Å². The number of esters is 1. The molecule has 0 bridgehead atoms. The van der Waals surface area contributed by atoms with Gasteiger partial charge in [0.25, 0.3) is 0 Å². The van der Waals surface area contributed by atoms with Gasteiger partial charge in [0.15, 0.2) is 0 Å². The monoisotopic (exact) mass is 323 g/mol. The molecular weight excluding hydrogens is 306 g/mol. The fourth-order valence-electron chi connectivity index (χ4n) is 2.92. The van der Waals surface area contributed by atoms with Crippen LogP contribution in [0.1, 0.15) is 23.4 Å². The minimum Gasteiger partial charge on any atom is -0.459 e. The highest BCUT2D eigenvalue weighted by Gasteiger charge is 2.27. The molecule has 0 spiro atoms. The molecule has 2 heterocycles. The summed E-state index contributed by atoms with van der Waals surface area (Å²) in [7, 11) is 0. The van der Waals surface area contributed by atoms with Crippen molar-refractivity contribution in [3.05, 3.63) is 59.7 Å². The van der Waals surface area contributed by atoms with Gasteiger partial charge in [0.05, 0.1) is 24.0 Å². The van der Waals surface area contributed by atoms with Gasteiger partial charge in [-0.2, -0.15) is 15.0 Å². The predicted molar refractivity (Wildman–Crippen MR) is 85.3 cm³/mol. The van der Waals surface area contributed by atoms with Gasteiger partial charge in [-0.15, -0.1) is 5.10 Å². The lowest BCUT2D eigenvalue weighted by Gasteiger charge is -2.19. The van der Waals surface area contributed by atoms with E-state index in [1.54, 1.807) is 6.20 Å². The van der Waals surface area contributed by atoms with Crippen LogP contribution in [0.3, 0.4) is 0 Å². The number of fused-ring (bicyclic) bond motifs is 1. The fourth-order valence-corrected chi connectivity index (χ4v) is 2.92. The Morgan fingerprint density at radius 3 is 3.04 bits per heavy atom. The van der Waals surface area contributed by atoms with E-state index in [-0.39, 0.29) is 18.5 Å². The molecule has 122 valence electrons. The summed E-state index contributed by atoms with van der Waals surface area (Å²) in [6.45, 7) is 0.137. The Bertz CT molecular complexity index is 840. The van der Waals surface area contributed by atoms with E-state index in [1.807, 2.05) is 36.5 Å². The number of ether oxygens (including phenoxy) is 1. The first-order valence-electron chi connectivity index (χ1n) is 7.94. The van der Waals surface area contributed by atoms with Gasteiger partial charge in [0, 0.05) is 12.1 Å². The number of hydrogen-bond acceptors (Lipinski definition) is 5. The molecule has 1 N–H and O–H groups in total. The van der Waals surface area contributed by atoms with Crippen molar-refractivity contribution >= 4 is 5.97 Å². The van der Waals surface area contributed by atoms with Gasteiger partial charge in [0.2, 0.25) is 0 Å². The van der Waals surface area contributed by atoms with Crippen LogP contribution in [0.25, 0.3) is 5.69 Å². The molecule has 0 aliphatic heterocycles. The summed E-state index contributed by atoms with van der Waals surface area (Å²) >= 11 is 0. The zero-order valence-electron chi connectivity index (χ0n) is 13.1. The van der Waals surface area contributed by atoms with Crippen LogP contribution in [0.4, 0.5) is 0 Å². The lowest BCUT2D eigenvalue weighted by atomic mass is 9.88. The number of aromatic amines is 1. The van der Waals surface area contributed by atoms with E-state index < -0.39 is 0 Å². The summed E-state index contributed by atoms with van der Waals surface area (Å²) in [5.41, 5.74) is 3.74. The van der Waals surface area contributed by atoms with Gasteiger partial charge < -0.3 is 4.74 Å². The Balaban J connectivity index is 1.36. The number of benzene rings is 1. The van der Waals surface area contributed by atoms with E-state index in [0.29, 0.717) is 12.1 Å². The molecule has 0 saturated heterocycles. The third-order valence-electron chi connectivity index (χ3n) is 4.24. The maximum absolute atomic E-state index is 12.3. The highest BCUT2D eigenvalue weighted by molar-refractivity contribution is 5.73. The molecule has 0 fully saturated rings. The first-order valence-corrected chi connectivity index (χ1v) is 7.94. The molecule has 3 aromatic rings. The Hall–Kier alpha value is -2.96. The summed E-state index contributed by atoms with van der Waals surface area (Å²) in [5.74, 6) is -0.313. The lowest BCUT2D eigenvalue weighted by molar-refractivity contribution is -0.150. The zero-order chi connectivity index (χ0) is 16.4. The summed E-state index contributed by atoms with van der Waals surface area (Å²) in [4.78, 5) is 13.8. The second-order valence-corrected chi connectivity index (χ2v) is 5.88. The first kappa shape index (κ1) is 14.6. The van der Waals surface area contributed by atoms with Crippen molar-refractivity contribution in [1.82, 2.24) is 25.2 Å². The number of nitrogens with one attached hydrogen (secondary N) is 1. The van der Waals surface area contributed by atoms with E-state index in [4.69, 9.17) is 4.74 Å². The van der Waals surface area contributed by atoms with Crippen molar-refractivity contribution in [2.45, 2.75) is 25.9 Å². The summed E-state index contributed by atoms with van der Waals surface area (Å²) in [6.07, 6.45) is 5.76. The van der Waals surface area contributed by atoms with Crippen LogP contribution >= 0.6 is 0 Å². The quantitative estimate of drug-likeness (QED) is 0.740. The van der Waals surface area contributed by atoms with Crippen LogP contribution in [0.2, 0.25) is 0 Å². The predicted octanol–water partition coefficient (Wildman–Crippen LogP) is 1.84. The molecule has 0 saturated carbocycles. The minimum absolute atomic E-state index is 0.123. The second-order valence-electron chi connectivity index (χ2n) is 5.88. The Morgan fingerprint density at radius 2 is 2.17 bits per heavy atom. The summed E-state index contributed by atoms with van der Waals surface area (Å²) in [6, 6.07) is 9.61. The molecule has 2 aromatic heterocycles. The largest absolute Gasteiger partial charge is 0.459 e.